The Kier molecular flexibility index (Phi) is 5.50. The summed E-state index contributed by atoms with van der Waals surface area (Å²) in [5, 5.41) is 8.83. The number of likely N-dealkylation sites (N-methyl/N-ethyl adjacent to an activating group) is 1. The maximum atomic E-state index is 12.2. The number of hydrogen-bond acceptors (Lipinski definition) is 4. The van der Waals surface area contributed by atoms with Crippen molar-refractivity contribution in [3.05, 3.63) is 17.7 Å². The second-order valence-electron chi connectivity index (χ2n) is 4.05. The molecule has 7 nitrogen and oxygen atoms in total. The first-order valence-electron chi connectivity index (χ1n) is 6.25. The average molecular weight is 268 g/mol. The third-order valence-corrected chi connectivity index (χ3v) is 2.89. The van der Waals surface area contributed by atoms with Crippen LogP contribution in [0.3, 0.4) is 0 Å². The van der Waals surface area contributed by atoms with Gasteiger partial charge in [-0.3, -0.25) is 9.59 Å². The first-order chi connectivity index (χ1) is 9.06. The lowest BCUT2D eigenvalue weighted by atomic mass is 10.2. The van der Waals surface area contributed by atoms with Crippen molar-refractivity contribution in [2.45, 2.75) is 13.8 Å². The van der Waals surface area contributed by atoms with Crippen molar-refractivity contribution in [1.82, 2.24) is 19.8 Å². The van der Waals surface area contributed by atoms with Crippen molar-refractivity contribution in [3.8, 4) is 0 Å². The molecule has 0 aliphatic carbocycles. The summed E-state index contributed by atoms with van der Waals surface area (Å²) in [7, 11) is 1.56. The summed E-state index contributed by atoms with van der Waals surface area (Å²) in [4.78, 5) is 33.9. The highest BCUT2D eigenvalue weighted by molar-refractivity contribution is 6.04. The van der Waals surface area contributed by atoms with E-state index in [1.54, 1.807) is 11.9 Å². The standard InChI is InChI=1S/C12H20N4O3/c1-4-16(5-2)12(19)10-9(13-8-14-10)11(18)15(3)6-7-17/h8,17H,4-7H2,1-3H3,(H,13,14). The van der Waals surface area contributed by atoms with Gasteiger partial charge in [0.15, 0.2) is 5.69 Å². The van der Waals surface area contributed by atoms with Crippen LogP contribution in [0.5, 0.6) is 0 Å². The second kappa shape index (κ2) is 6.89. The largest absolute Gasteiger partial charge is 0.395 e. The summed E-state index contributed by atoms with van der Waals surface area (Å²) >= 11 is 0. The van der Waals surface area contributed by atoms with Crippen molar-refractivity contribution < 1.29 is 14.7 Å². The summed E-state index contributed by atoms with van der Waals surface area (Å²) in [5.41, 5.74) is 0.284. The Morgan fingerprint density at radius 1 is 1.32 bits per heavy atom. The highest BCUT2D eigenvalue weighted by atomic mass is 16.3. The molecule has 0 fully saturated rings. The van der Waals surface area contributed by atoms with Crippen LogP contribution in [0.25, 0.3) is 0 Å². The Balaban J connectivity index is 2.97. The van der Waals surface area contributed by atoms with Gasteiger partial charge in [0, 0.05) is 26.7 Å². The van der Waals surface area contributed by atoms with Crippen molar-refractivity contribution in [2.24, 2.45) is 0 Å². The average Bonchev–Trinajstić information content (AvgIpc) is 2.88. The fraction of sp³-hybridized carbons (Fsp3) is 0.583. The molecule has 0 aromatic carbocycles. The summed E-state index contributed by atoms with van der Waals surface area (Å²) < 4.78 is 0. The molecule has 7 heteroatoms. The molecular formula is C12H20N4O3. The van der Waals surface area contributed by atoms with Crippen LogP contribution in [0.1, 0.15) is 34.8 Å². The Bertz CT molecular complexity index is 440. The van der Waals surface area contributed by atoms with Gasteiger partial charge in [0.2, 0.25) is 0 Å². The van der Waals surface area contributed by atoms with Crippen LogP contribution in [0, 0.1) is 0 Å². The third-order valence-electron chi connectivity index (χ3n) is 2.89. The lowest BCUT2D eigenvalue weighted by Gasteiger charge is -2.19. The Labute approximate surface area is 112 Å². The molecule has 0 bridgehead atoms. The van der Waals surface area contributed by atoms with Gasteiger partial charge in [-0.15, -0.1) is 0 Å². The zero-order valence-electron chi connectivity index (χ0n) is 11.5. The smallest absolute Gasteiger partial charge is 0.274 e. The van der Waals surface area contributed by atoms with E-state index in [9.17, 15) is 9.59 Å². The molecule has 0 saturated carbocycles. The molecule has 0 spiro atoms. The zero-order chi connectivity index (χ0) is 14.4. The van der Waals surface area contributed by atoms with Crippen molar-refractivity contribution in [1.29, 1.82) is 0 Å². The van der Waals surface area contributed by atoms with Crippen LogP contribution in [0.2, 0.25) is 0 Å². The zero-order valence-corrected chi connectivity index (χ0v) is 11.5. The molecule has 1 aromatic rings. The number of hydrogen-bond donors (Lipinski definition) is 2. The van der Waals surface area contributed by atoms with E-state index >= 15 is 0 Å². The van der Waals surface area contributed by atoms with E-state index in [-0.39, 0.29) is 36.4 Å². The van der Waals surface area contributed by atoms with E-state index in [4.69, 9.17) is 5.11 Å². The van der Waals surface area contributed by atoms with Crippen LogP contribution in [-0.2, 0) is 0 Å². The van der Waals surface area contributed by atoms with E-state index in [0.717, 1.165) is 0 Å². The van der Waals surface area contributed by atoms with E-state index in [0.29, 0.717) is 13.1 Å². The minimum Gasteiger partial charge on any atom is -0.395 e. The van der Waals surface area contributed by atoms with Gasteiger partial charge in [-0.05, 0) is 13.8 Å². The monoisotopic (exact) mass is 268 g/mol. The number of nitrogens with zero attached hydrogens (tertiary/aromatic N) is 3. The fourth-order valence-corrected chi connectivity index (χ4v) is 1.72. The second-order valence-corrected chi connectivity index (χ2v) is 4.05. The first kappa shape index (κ1) is 15.2. The maximum absolute atomic E-state index is 12.2. The number of H-pyrrole nitrogens is 1. The summed E-state index contributed by atoms with van der Waals surface area (Å²) in [6.07, 6.45) is 1.33. The maximum Gasteiger partial charge on any atom is 0.274 e. The van der Waals surface area contributed by atoms with Crippen molar-refractivity contribution >= 4 is 11.8 Å². The van der Waals surface area contributed by atoms with Gasteiger partial charge in [-0.25, -0.2) is 4.98 Å². The summed E-state index contributed by atoms with van der Waals surface area (Å²) in [6, 6.07) is 0. The molecule has 0 atom stereocenters. The highest BCUT2D eigenvalue weighted by Gasteiger charge is 2.25. The topological polar surface area (TPSA) is 89.5 Å². The lowest BCUT2D eigenvalue weighted by molar-refractivity contribution is 0.0725. The number of nitrogens with one attached hydrogen (secondary N) is 1. The molecule has 19 heavy (non-hydrogen) atoms. The molecule has 0 unspecified atom stereocenters. The Morgan fingerprint density at radius 3 is 2.47 bits per heavy atom. The number of carbonyl (C=O) groups excluding carboxylic acids is 2. The fourth-order valence-electron chi connectivity index (χ4n) is 1.72. The van der Waals surface area contributed by atoms with E-state index in [1.165, 1.54) is 11.2 Å². The molecule has 2 N–H and O–H groups in total. The number of aromatic nitrogens is 2. The highest BCUT2D eigenvalue weighted by Crippen LogP contribution is 2.09. The van der Waals surface area contributed by atoms with Gasteiger partial charge < -0.3 is 19.9 Å². The number of aromatic amines is 1. The summed E-state index contributed by atoms with van der Waals surface area (Å²) in [5.74, 6) is -0.631. The lowest BCUT2D eigenvalue weighted by Crippen LogP contribution is -2.35. The molecule has 1 rings (SSSR count). The van der Waals surface area contributed by atoms with Crippen LogP contribution in [0.15, 0.2) is 6.33 Å². The van der Waals surface area contributed by atoms with Crippen LogP contribution in [0.4, 0.5) is 0 Å². The van der Waals surface area contributed by atoms with Crippen LogP contribution in [-0.4, -0.2) is 70.0 Å². The third kappa shape index (κ3) is 3.31. The molecule has 0 saturated heterocycles. The van der Waals surface area contributed by atoms with Gasteiger partial charge in [-0.1, -0.05) is 0 Å². The number of amides is 2. The number of carbonyl (C=O) groups is 2. The molecule has 2 amide bonds. The van der Waals surface area contributed by atoms with Crippen LogP contribution >= 0.6 is 0 Å². The number of imidazole rings is 1. The van der Waals surface area contributed by atoms with Crippen molar-refractivity contribution in [2.75, 3.05) is 33.3 Å². The predicted molar refractivity (Wildman–Crippen MR) is 69.9 cm³/mol. The summed E-state index contributed by atoms with van der Waals surface area (Å²) in [6.45, 7) is 4.93. The SMILES string of the molecule is CCN(CC)C(=O)c1nc[nH]c1C(=O)N(C)CCO. The molecule has 1 heterocycles. The van der Waals surface area contributed by atoms with Gasteiger partial charge >= 0.3 is 0 Å². The van der Waals surface area contributed by atoms with E-state index in [1.807, 2.05) is 13.8 Å². The van der Waals surface area contributed by atoms with Crippen molar-refractivity contribution in [3.63, 3.8) is 0 Å². The number of aliphatic hydroxyl groups is 1. The van der Waals surface area contributed by atoms with E-state index < -0.39 is 0 Å². The molecule has 0 aliphatic rings. The molecular weight excluding hydrogens is 248 g/mol. The molecule has 0 aliphatic heterocycles. The van der Waals surface area contributed by atoms with Crippen LogP contribution < -0.4 is 0 Å². The van der Waals surface area contributed by atoms with Gasteiger partial charge in [-0.2, -0.15) is 0 Å². The number of rotatable bonds is 6. The molecule has 1 aromatic heterocycles. The predicted octanol–water partition coefficient (Wildman–Crippen LogP) is -0.0440. The van der Waals surface area contributed by atoms with Gasteiger partial charge in [0.25, 0.3) is 11.8 Å². The molecule has 0 radical (unpaired) electrons. The molecule has 106 valence electrons. The minimum atomic E-state index is -0.359. The van der Waals surface area contributed by atoms with Gasteiger partial charge in [0.1, 0.15) is 5.69 Å². The van der Waals surface area contributed by atoms with E-state index in [2.05, 4.69) is 9.97 Å². The number of aliphatic hydroxyl groups excluding tert-OH is 1. The quantitative estimate of drug-likeness (QED) is 0.757. The van der Waals surface area contributed by atoms with Gasteiger partial charge in [0.05, 0.1) is 12.9 Å². The Hall–Kier alpha value is -1.89. The Morgan fingerprint density at radius 2 is 1.95 bits per heavy atom. The minimum absolute atomic E-state index is 0.124. The first-order valence-corrected chi connectivity index (χ1v) is 6.25. The normalized spacial score (nSPS) is 10.3.